The van der Waals surface area contributed by atoms with Crippen molar-refractivity contribution in [1.29, 1.82) is 0 Å². The molecule has 0 aliphatic carbocycles. The molecule has 0 spiro atoms. The molecule has 0 unspecified atom stereocenters. The zero-order chi connectivity index (χ0) is 22.4. The van der Waals surface area contributed by atoms with Gasteiger partial charge in [0.25, 0.3) is 0 Å². The van der Waals surface area contributed by atoms with E-state index in [2.05, 4.69) is 15.3 Å². The van der Waals surface area contributed by atoms with Crippen molar-refractivity contribution in [1.82, 2.24) is 24.7 Å². The van der Waals surface area contributed by atoms with Crippen LogP contribution >= 0.6 is 0 Å². The largest absolute Gasteiger partial charge is 0.380 e. The fourth-order valence-corrected chi connectivity index (χ4v) is 3.69. The number of hydrogen-bond acceptors (Lipinski definition) is 7. The van der Waals surface area contributed by atoms with E-state index >= 15 is 0 Å². The van der Waals surface area contributed by atoms with Gasteiger partial charge in [-0.3, -0.25) is 14.5 Å². The summed E-state index contributed by atoms with van der Waals surface area (Å²) in [6.45, 7) is 6.41. The van der Waals surface area contributed by atoms with Gasteiger partial charge in [0.05, 0.1) is 19.3 Å². The van der Waals surface area contributed by atoms with Gasteiger partial charge in [-0.25, -0.2) is 9.18 Å². The molecular weight excluding hydrogens is 407 g/mol. The summed E-state index contributed by atoms with van der Waals surface area (Å²) in [7, 11) is 1.64. The number of carbonyl (C=O) groups excluding carboxylic acids is 1. The van der Waals surface area contributed by atoms with E-state index in [0.717, 1.165) is 18.0 Å². The minimum absolute atomic E-state index is 0.0403. The molecule has 0 saturated carbocycles. The maximum atomic E-state index is 14.1. The van der Waals surface area contributed by atoms with Crippen LogP contribution in [0.1, 0.15) is 20.3 Å². The number of aryl methyl sites for hydroxylation is 1. The number of anilines is 1. The number of hydroxylamine groups is 1. The normalized spacial score (nSPS) is 19.5. The van der Waals surface area contributed by atoms with E-state index in [1.54, 1.807) is 19.2 Å². The number of piperidine rings is 1. The van der Waals surface area contributed by atoms with Crippen LogP contribution in [0.3, 0.4) is 0 Å². The third-order valence-electron chi connectivity index (χ3n) is 5.48. The number of hydrogen-bond donors (Lipinski definition) is 0. The fraction of sp³-hybridized carbons (Fsp3) is 0.600. The summed E-state index contributed by atoms with van der Waals surface area (Å²) in [6, 6.07) is 6.00. The lowest BCUT2D eigenvalue weighted by Crippen LogP contribution is -2.48. The van der Waals surface area contributed by atoms with E-state index in [-0.39, 0.29) is 30.0 Å². The van der Waals surface area contributed by atoms with Crippen LogP contribution < -0.4 is 10.8 Å². The van der Waals surface area contributed by atoms with Gasteiger partial charge in [-0.15, -0.1) is 0 Å². The zero-order valence-corrected chi connectivity index (χ0v) is 18.1. The Kier molecular flexibility index (Phi) is 7.88. The summed E-state index contributed by atoms with van der Waals surface area (Å²) in [6.07, 6.45) is 0.657. The first-order chi connectivity index (χ1) is 14.9. The second kappa shape index (κ2) is 10.6. The average molecular weight is 436 g/mol. The number of carbonyl (C=O) groups is 1. The fourth-order valence-electron chi connectivity index (χ4n) is 3.69. The molecule has 170 valence electrons. The van der Waals surface area contributed by atoms with Crippen molar-refractivity contribution in [2.45, 2.75) is 39.5 Å². The van der Waals surface area contributed by atoms with E-state index in [9.17, 15) is 14.0 Å². The first-order valence-electron chi connectivity index (χ1n) is 10.4. The molecule has 3 rings (SSSR count). The van der Waals surface area contributed by atoms with Gasteiger partial charge in [-0.2, -0.15) is 14.4 Å². The van der Waals surface area contributed by atoms with Crippen LogP contribution in [0.5, 0.6) is 0 Å². The summed E-state index contributed by atoms with van der Waals surface area (Å²) in [5.74, 6) is -0.883. The lowest BCUT2D eigenvalue weighted by Gasteiger charge is -2.38. The number of likely N-dealkylation sites (tertiary alicyclic amines) is 1. The minimum Gasteiger partial charge on any atom is -0.380 e. The van der Waals surface area contributed by atoms with E-state index in [4.69, 9.17) is 9.57 Å². The molecule has 1 aromatic carbocycles. The Morgan fingerprint density at radius 3 is 2.65 bits per heavy atom. The molecule has 11 heteroatoms. The number of benzene rings is 1. The first-order valence-corrected chi connectivity index (χ1v) is 10.4. The van der Waals surface area contributed by atoms with Crippen LogP contribution in [0.25, 0.3) is 0 Å². The Hall–Kier alpha value is -2.63. The number of ether oxygens (including phenoxy) is 1. The predicted octanol–water partition coefficient (Wildman–Crippen LogP) is 0.920. The monoisotopic (exact) mass is 436 g/mol. The number of aromatic nitrogens is 4. The van der Waals surface area contributed by atoms with Gasteiger partial charge >= 0.3 is 5.69 Å². The molecule has 1 aromatic heterocycles. The highest BCUT2D eigenvalue weighted by Gasteiger charge is 2.31. The van der Waals surface area contributed by atoms with Crippen molar-refractivity contribution in [2.75, 3.05) is 38.4 Å². The zero-order valence-electron chi connectivity index (χ0n) is 18.1. The summed E-state index contributed by atoms with van der Waals surface area (Å²) in [5, 5.41) is 8.72. The summed E-state index contributed by atoms with van der Waals surface area (Å²) in [5.41, 5.74) is -0.126. The van der Waals surface area contributed by atoms with E-state index in [0.29, 0.717) is 26.2 Å². The Morgan fingerprint density at radius 1 is 1.26 bits per heavy atom. The maximum Gasteiger partial charge on any atom is 0.363 e. The number of methoxy groups -OCH3 is 1. The predicted molar refractivity (Wildman–Crippen MR) is 111 cm³/mol. The van der Waals surface area contributed by atoms with E-state index < -0.39 is 11.7 Å². The van der Waals surface area contributed by atoms with Crippen LogP contribution in [0, 0.1) is 11.7 Å². The maximum absolute atomic E-state index is 14.1. The number of para-hydroxylation sites is 1. The molecule has 0 N–H and O–H groups in total. The molecular formula is C20H29FN6O4. The molecule has 0 bridgehead atoms. The quantitative estimate of drug-likeness (QED) is 0.540. The first kappa shape index (κ1) is 23.0. The summed E-state index contributed by atoms with van der Waals surface area (Å²) >= 11 is 0. The molecule has 2 aromatic rings. The molecule has 10 nitrogen and oxygen atoms in total. The molecule has 1 amide bonds. The number of halogens is 1. The third kappa shape index (κ3) is 5.54. The molecule has 1 aliphatic rings. The van der Waals surface area contributed by atoms with Crippen LogP contribution in [0.4, 0.5) is 10.1 Å². The molecule has 0 radical (unpaired) electrons. The number of rotatable bonds is 9. The average Bonchev–Trinajstić information content (AvgIpc) is 3.13. The highest BCUT2D eigenvalue weighted by atomic mass is 19.1. The van der Waals surface area contributed by atoms with Crippen LogP contribution in [0.2, 0.25) is 0 Å². The topological polar surface area (TPSA) is 94.7 Å². The molecule has 31 heavy (non-hydrogen) atoms. The third-order valence-corrected chi connectivity index (χ3v) is 5.48. The Labute approximate surface area is 180 Å². The van der Waals surface area contributed by atoms with Gasteiger partial charge in [0.1, 0.15) is 11.5 Å². The van der Waals surface area contributed by atoms with Crippen molar-refractivity contribution >= 4 is 11.6 Å². The van der Waals surface area contributed by atoms with Crippen molar-refractivity contribution < 1.29 is 18.8 Å². The highest BCUT2D eigenvalue weighted by Crippen LogP contribution is 2.24. The molecule has 1 aliphatic heterocycles. The van der Waals surface area contributed by atoms with Gasteiger partial charge in [-0.05, 0) is 42.4 Å². The minimum atomic E-state index is -0.522. The molecule has 1 saturated heterocycles. The second-order valence-electron chi connectivity index (χ2n) is 7.48. The van der Waals surface area contributed by atoms with Crippen molar-refractivity contribution in [3.63, 3.8) is 0 Å². The van der Waals surface area contributed by atoms with E-state index in [1.165, 1.54) is 28.4 Å². The lowest BCUT2D eigenvalue weighted by atomic mass is 9.94. The van der Waals surface area contributed by atoms with Crippen molar-refractivity contribution in [3.8, 4) is 0 Å². The van der Waals surface area contributed by atoms with Gasteiger partial charge in [0.15, 0.2) is 0 Å². The van der Waals surface area contributed by atoms with Gasteiger partial charge < -0.3 is 4.74 Å². The standard InChI is InChI=1S/C20H29FN6O4/c1-4-25-20(29)26(23-22-25)12-11-24-10-9-16(19(13-24)30-3)14-31-27(15(2)28)18-8-6-5-7-17(18)21/h5-8,16,19H,4,9-14H2,1-3H3/t16-,19-/m0/s1. The number of amides is 1. The second-order valence-corrected chi connectivity index (χ2v) is 7.48. The van der Waals surface area contributed by atoms with E-state index in [1.807, 2.05) is 6.92 Å². The van der Waals surface area contributed by atoms with Gasteiger partial charge in [0, 0.05) is 39.6 Å². The highest BCUT2D eigenvalue weighted by molar-refractivity contribution is 5.89. The Morgan fingerprint density at radius 2 is 2.00 bits per heavy atom. The van der Waals surface area contributed by atoms with Crippen molar-refractivity contribution in [3.05, 3.63) is 40.6 Å². The van der Waals surface area contributed by atoms with Crippen LogP contribution in [0.15, 0.2) is 29.1 Å². The Bertz CT molecular complexity index is 932. The molecule has 2 atom stereocenters. The lowest BCUT2D eigenvalue weighted by molar-refractivity contribution is -0.126. The van der Waals surface area contributed by atoms with Crippen LogP contribution in [-0.4, -0.2) is 70.1 Å². The van der Waals surface area contributed by atoms with Crippen LogP contribution in [-0.2, 0) is 27.5 Å². The summed E-state index contributed by atoms with van der Waals surface area (Å²) < 4.78 is 22.4. The number of nitrogens with zero attached hydrogens (tertiary/aromatic N) is 6. The number of tetrazole rings is 1. The molecule has 2 heterocycles. The van der Waals surface area contributed by atoms with Gasteiger partial charge in [0.2, 0.25) is 5.91 Å². The summed E-state index contributed by atoms with van der Waals surface area (Å²) in [4.78, 5) is 32.0. The molecule has 1 fully saturated rings. The van der Waals surface area contributed by atoms with Gasteiger partial charge in [-0.1, -0.05) is 12.1 Å². The van der Waals surface area contributed by atoms with Crippen molar-refractivity contribution in [2.24, 2.45) is 5.92 Å². The Balaban J connectivity index is 1.55. The SMILES string of the molecule is CCn1nnn(CCN2CC[C@@H](CON(C(C)=O)c3ccccc3F)[C@@H](OC)C2)c1=O. The smallest absolute Gasteiger partial charge is 0.363 e.